The molecule has 31 heavy (non-hydrogen) atoms. The van der Waals surface area contributed by atoms with Crippen molar-refractivity contribution in [2.45, 2.75) is 20.1 Å². The number of nitrogens with zero attached hydrogens (tertiary/aromatic N) is 2. The minimum Gasteiger partial charge on any atom is -0.506 e. The van der Waals surface area contributed by atoms with Gasteiger partial charge in [-0.2, -0.15) is 0 Å². The van der Waals surface area contributed by atoms with Crippen molar-refractivity contribution in [1.82, 2.24) is 9.88 Å². The molecule has 4 N–H and O–H groups in total. The number of imide groups is 1. The Morgan fingerprint density at radius 1 is 1.19 bits per heavy atom. The first kappa shape index (κ1) is 25.4. The highest BCUT2D eigenvalue weighted by molar-refractivity contribution is 8.67. The Balaban J connectivity index is 0.000000245. The Morgan fingerprint density at radius 3 is 2.19 bits per heavy atom. The van der Waals surface area contributed by atoms with Gasteiger partial charge in [-0.15, -0.1) is 0 Å². The molecule has 0 saturated heterocycles. The van der Waals surface area contributed by atoms with Crippen LogP contribution in [0.3, 0.4) is 0 Å². The van der Waals surface area contributed by atoms with Crippen LogP contribution in [0.2, 0.25) is 0 Å². The van der Waals surface area contributed by atoms with Gasteiger partial charge < -0.3 is 25.0 Å². The molecular formula is C19H24N3O6PS2. The molecule has 1 aliphatic heterocycles. The summed E-state index contributed by atoms with van der Waals surface area (Å²) in [5, 5.41) is 18.3. The molecule has 12 heteroatoms. The summed E-state index contributed by atoms with van der Waals surface area (Å²) in [4.78, 5) is 29.2. The highest BCUT2D eigenvalue weighted by Crippen LogP contribution is 2.60. The fraction of sp³-hybridized carbons (Fsp3) is 0.316. The van der Waals surface area contributed by atoms with Crippen molar-refractivity contribution in [3.63, 3.8) is 0 Å². The second-order valence-electron chi connectivity index (χ2n) is 6.21. The molecule has 168 valence electrons. The molecule has 2 aromatic rings. The number of pyridine rings is 1. The van der Waals surface area contributed by atoms with Crippen LogP contribution in [-0.4, -0.2) is 52.0 Å². The molecule has 0 radical (unpaired) electrons. The average molecular weight is 486 g/mol. The number of carbonyl (C=O) groups is 2. The number of aryl methyl sites for hydroxylation is 1. The molecule has 0 spiro atoms. The normalized spacial score (nSPS) is 13.1. The van der Waals surface area contributed by atoms with Gasteiger partial charge in [0.15, 0.2) is 0 Å². The number of aliphatic hydroxyl groups is 1. The molecule has 2 heterocycles. The number of benzene rings is 1. The van der Waals surface area contributed by atoms with Crippen LogP contribution in [0.15, 0.2) is 30.5 Å². The van der Waals surface area contributed by atoms with Gasteiger partial charge >= 0.3 is 0 Å². The average Bonchev–Trinajstić information content (AvgIpc) is 3.04. The van der Waals surface area contributed by atoms with Gasteiger partial charge in [0.2, 0.25) is 5.69 Å². The van der Waals surface area contributed by atoms with Crippen molar-refractivity contribution in [3.05, 3.63) is 58.4 Å². The van der Waals surface area contributed by atoms with Crippen molar-refractivity contribution >= 4 is 40.7 Å². The SMILES string of the molecule is COP(=S)(OC)SCN1C(=O)c2ccccc2C1=O.Cc1ncc(CO)c(CN)c1O. The Labute approximate surface area is 189 Å². The molecule has 1 aliphatic rings. The minimum absolute atomic E-state index is 0.0871. The van der Waals surface area contributed by atoms with Crippen LogP contribution in [0.1, 0.15) is 37.5 Å². The van der Waals surface area contributed by atoms with Gasteiger partial charge in [0, 0.05) is 38.1 Å². The lowest BCUT2D eigenvalue weighted by Gasteiger charge is -2.20. The van der Waals surface area contributed by atoms with Crippen molar-refractivity contribution in [3.8, 4) is 5.75 Å². The molecular weight excluding hydrogens is 461 g/mol. The molecule has 9 nitrogen and oxygen atoms in total. The topological polar surface area (TPSA) is 135 Å². The largest absolute Gasteiger partial charge is 0.506 e. The second-order valence-corrected chi connectivity index (χ2v) is 12.7. The standard InChI is InChI=1S/C11H12NO4PS2.C8H12N2O2/c1-15-17(18,16-2)19-7-12-10(13)8-5-3-4-6-9(8)11(12)14;1-5-8(12)7(2-9)6(4-11)3-10-5/h3-6H,7H2,1-2H3;3,11-12H,2,4,9H2,1H3. The fourth-order valence-corrected chi connectivity index (χ4v) is 5.39. The van der Waals surface area contributed by atoms with Gasteiger partial charge in [0.05, 0.1) is 29.3 Å². The van der Waals surface area contributed by atoms with Gasteiger partial charge in [-0.05, 0) is 42.2 Å². The van der Waals surface area contributed by atoms with E-state index in [-0.39, 0.29) is 36.6 Å². The van der Waals surface area contributed by atoms with Gasteiger partial charge in [0.25, 0.3) is 11.8 Å². The highest BCUT2D eigenvalue weighted by Gasteiger charge is 2.36. The first-order valence-corrected chi connectivity index (χ1v) is 13.2. The molecule has 1 aromatic heterocycles. The van der Waals surface area contributed by atoms with E-state index in [2.05, 4.69) is 4.98 Å². The van der Waals surface area contributed by atoms with Gasteiger partial charge in [-0.25, -0.2) is 0 Å². The molecule has 0 saturated carbocycles. The quantitative estimate of drug-likeness (QED) is 0.397. The number of fused-ring (bicyclic) bond motifs is 1. The van der Waals surface area contributed by atoms with E-state index in [9.17, 15) is 14.7 Å². The van der Waals surface area contributed by atoms with E-state index in [1.165, 1.54) is 20.4 Å². The lowest BCUT2D eigenvalue weighted by atomic mass is 10.1. The third-order valence-electron chi connectivity index (χ3n) is 4.48. The summed E-state index contributed by atoms with van der Waals surface area (Å²) in [7, 11) is 2.92. The molecule has 0 fully saturated rings. The van der Waals surface area contributed by atoms with E-state index in [1.807, 2.05) is 0 Å². The Kier molecular flexibility index (Phi) is 9.14. The smallest absolute Gasteiger partial charge is 0.262 e. The number of carbonyl (C=O) groups excluding carboxylic acids is 2. The number of amides is 2. The monoisotopic (exact) mass is 485 g/mol. The summed E-state index contributed by atoms with van der Waals surface area (Å²) in [6.45, 7) is 1.76. The summed E-state index contributed by atoms with van der Waals surface area (Å²) in [5.74, 6) is -0.390. The number of hydrogen-bond donors (Lipinski definition) is 3. The number of aliphatic hydroxyl groups excluding tert-OH is 1. The van der Waals surface area contributed by atoms with E-state index in [0.29, 0.717) is 27.9 Å². The predicted octanol–water partition coefficient (Wildman–Crippen LogP) is 2.54. The number of aromatic hydroxyl groups is 1. The number of nitrogens with two attached hydrogens (primary N) is 1. The third kappa shape index (κ3) is 5.69. The fourth-order valence-electron chi connectivity index (χ4n) is 2.71. The van der Waals surface area contributed by atoms with Gasteiger partial charge in [-0.1, -0.05) is 12.1 Å². The van der Waals surface area contributed by atoms with Crippen molar-refractivity contribution in [2.24, 2.45) is 5.73 Å². The van der Waals surface area contributed by atoms with Crippen LogP contribution < -0.4 is 5.73 Å². The molecule has 0 unspecified atom stereocenters. The third-order valence-corrected chi connectivity index (χ3v) is 10.1. The van der Waals surface area contributed by atoms with Gasteiger partial charge in [-0.3, -0.25) is 19.5 Å². The molecule has 0 bridgehead atoms. The molecule has 2 amide bonds. The first-order valence-electron chi connectivity index (χ1n) is 9.01. The number of aromatic nitrogens is 1. The maximum absolute atomic E-state index is 12.1. The molecule has 0 aliphatic carbocycles. The summed E-state index contributed by atoms with van der Waals surface area (Å²) in [6.07, 6.45) is 1.53. The molecule has 0 atom stereocenters. The Bertz CT molecular complexity index is 977. The maximum atomic E-state index is 12.1. The summed E-state index contributed by atoms with van der Waals surface area (Å²) < 4.78 is 10.2. The Hall–Kier alpha value is -1.85. The molecule has 1 aromatic carbocycles. The van der Waals surface area contributed by atoms with Crippen molar-refractivity contribution in [1.29, 1.82) is 0 Å². The minimum atomic E-state index is -2.48. The lowest BCUT2D eigenvalue weighted by molar-refractivity contribution is 0.0684. The predicted molar refractivity (Wildman–Crippen MR) is 122 cm³/mol. The van der Waals surface area contributed by atoms with E-state index >= 15 is 0 Å². The Morgan fingerprint density at radius 2 is 1.74 bits per heavy atom. The van der Waals surface area contributed by atoms with E-state index in [0.717, 1.165) is 16.3 Å². The zero-order valence-electron chi connectivity index (χ0n) is 17.3. The summed E-state index contributed by atoms with van der Waals surface area (Å²) in [6, 6.07) is 6.75. The zero-order chi connectivity index (χ0) is 23.2. The zero-order valence-corrected chi connectivity index (χ0v) is 19.8. The first-order chi connectivity index (χ1) is 14.7. The van der Waals surface area contributed by atoms with E-state index in [4.69, 9.17) is 31.7 Å². The maximum Gasteiger partial charge on any atom is 0.262 e. The van der Waals surface area contributed by atoms with Crippen LogP contribution >= 0.6 is 17.1 Å². The van der Waals surface area contributed by atoms with Crippen LogP contribution in [0.5, 0.6) is 5.75 Å². The van der Waals surface area contributed by atoms with Crippen LogP contribution in [0, 0.1) is 6.92 Å². The van der Waals surface area contributed by atoms with Crippen LogP contribution in [-0.2, 0) is 34.0 Å². The van der Waals surface area contributed by atoms with Crippen molar-refractivity contribution < 1.29 is 28.8 Å². The summed E-state index contributed by atoms with van der Waals surface area (Å²) >= 11 is 6.35. The van der Waals surface area contributed by atoms with E-state index < -0.39 is 5.69 Å². The van der Waals surface area contributed by atoms with Gasteiger partial charge in [0.1, 0.15) is 5.75 Å². The van der Waals surface area contributed by atoms with Crippen LogP contribution in [0.4, 0.5) is 0 Å². The highest BCUT2D eigenvalue weighted by atomic mass is 32.9. The van der Waals surface area contributed by atoms with Crippen LogP contribution in [0.25, 0.3) is 0 Å². The lowest BCUT2D eigenvalue weighted by Crippen LogP contribution is -2.29. The molecule has 3 rings (SSSR count). The van der Waals surface area contributed by atoms with E-state index in [1.54, 1.807) is 31.2 Å². The number of hydrogen-bond acceptors (Lipinski definition) is 10. The van der Waals surface area contributed by atoms with Crippen molar-refractivity contribution in [2.75, 3.05) is 20.1 Å². The summed E-state index contributed by atoms with van der Waals surface area (Å²) in [5.41, 5.74) is 5.47. The number of rotatable bonds is 7. The second kappa shape index (κ2) is 11.1.